The average molecular weight is 379 g/mol. The number of aromatic nitrogens is 2. The first-order valence-corrected chi connectivity index (χ1v) is 8.31. The maximum Gasteiger partial charge on any atom is 0.277 e. The van der Waals surface area contributed by atoms with Crippen molar-refractivity contribution >= 4 is 27.7 Å². The molecule has 0 aliphatic rings. The van der Waals surface area contributed by atoms with Gasteiger partial charge in [-0.1, -0.05) is 36.0 Å². The molecule has 0 radical (unpaired) electrons. The third-order valence-electron chi connectivity index (χ3n) is 3.13. The fourth-order valence-electron chi connectivity index (χ4n) is 1.95. The first-order valence-electron chi connectivity index (χ1n) is 6.64. The summed E-state index contributed by atoms with van der Waals surface area (Å²) in [5.74, 6) is 0.233. The van der Waals surface area contributed by atoms with E-state index < -0.39 is 0 Å². The van der Waals surface area contributed by atoms with Crippen molar-refractivity contribution in [2.24, 2.45) is 0 Å². The Kier molecular flexibility index (Phi) is 4.59. The highest BCUT2D eigenvalue weighted by molar-refractivity contribution is 9.10. The summed E-state index contributed by atoms with van der Waals surface area (Å²) in [5.41, 5.74) is 1.86. The van der Waals surface area contributed by atoms with E-state index in [-0.39, 0.29) is 11.1 Å². The molecule has 0 aliphatic heterocycles. The molecule has 3 nitrogen and oxygen atoms in total. The third kappa shape index (κ3) is 3.39. The van der Waals surface area contributed by atoms with Gasteiger partial charge in [0.1, 0.15) is 5.82 Å². The van der Waals surface area contributed by atoms with E-state index in [1.807, 2.05) is 31.2 Å². The lowest BCUT2D eigenvalue weighted by Crippen LogP contribution is -1.88. The minimum Gasteiger partial charge on any atom is -0.411 e. The SMILES string of the molecule is C[C@@H](Sc1nnc(-c2ccccc2Br)o1)c1ccc(F)cc1. The van der Waals surface area contributed by atoms with E-state index in [1.54, 1.807) is 12.1 Å². The average Bonchev–Trinajstić information content (AvgIpc) is 2.96. The molecule has 0 saturated heterocycles. The Morgan fingerprint density at radius 1 is 1.09 bits per heavy atom. The van der Waals surface area contributed by atoms with Crippen LogP contribution in [0.3, 0.4) is 0 Å². The van der Waals surface area contributed by atoms with Gasteiger partial charge in [-0.25, -0.2) is 4.39 Å². The van der Waals surface area contributed by atoms with Crippen LogP contribution in [0.1, 0.15) is 17.7 Å². The molecule has 22 heavy (non-hydrogen) atoms. The van der Waals surface area contributed by atoms with E-state index >= 15 is 0 Å². The number of thioether (sulfide) groups is 1. The van der Waals surface area contributed by atoms with E-state index in [9.17, 15) is 4.39 Å². The predicted molar refractivity (Wildman–Crippen MR) is 88.1 cm³/mol. The van der Waals surface area contributed by atoms with Crippen LogP contribution in [0.5, 0.6) is 0 Å². The van der Waals surface area contributed by atoms with Crippen molar-refractivity contribution in [2.45, 2.75) is 17.4 Å². The summed E-state index contributed by atoms with van der Waals surface area (Å²) in [4.78, 5) is 0. The molecule has 2 aromatic carbocycles. The van der Waals surface area contributed by atoms with E-state index in [4.69, 9.17) is 4.42 Å². The molecule has 0 aliphatic carbocycles. The molecule has 3 rings (SSSR count). The summed E-state index contributed by atoms with van der Waals surface area (Å²) in [6.45, 7) is 2.01. The number of rotatable bonds is 4. The molecule has 0 bridgehead atoms. The Morgan fingerprint density at radius 2 is 1.82 bits per heavy atom. The minimum absolute atomic E-state index is 0.0908. The van der Waals surface area contributed by atoms with Crippen molar-refractivity contribution in [2.75, 3.05) is 0 Å². The van der Waals surface area contributed by atoms with Gasteiger partial charge in [-0.2, -0.15) is 0 Å². The topological polar surface area (TPSA) is 38.9 Å². The maximum absolute atomic E-state index is 13.0. The van der Waals surface area contributed by atoms with Gasteiger partial charge in [0.25, 0.3) is 5.22 Å². The minimum atomic E-state index is -0.241. The van der Waals surface area contributed by atoms with Crippen LogP contribution in [0.4, 0.5) is 4.39 Å². The molecule has 0 unspecified atom stereocenters. The van der Waals surface area contributed by atoms with Gasteiger partial charge in [0.05, 0.1) is 5.56 Å². The number of nitrogens with zero attached hydrogens (tertiary/aromatic N) is 2. The Morgan fingerprint density at radius 3 is 2.55 bits per heavy atom. The lowest BCUT2D eigenvalue weighted by atomic mass is 10.2. The quantitative estimate of drug-likeness (QED) is 0.562. The second-order valence-corrected chi connectivity index (χ2v) is 6.81. The molecule has 0 N–H and O–H groups in total. The van der Waals surface area contributed by atoms with E-state index in [1.165, 1.54) is 23.9 Å². The van der Waals surface area contributed by atoms with Gasteiger partial charge in [0, 0.05) is 9.72 Å². The molecular formula is C16H12BrFN2OS. The summed E-state index contributed by atoms with van der Waals surface area (Å²) in [5, 5.41) is 8.73. The highest BCUT2D eigenvalue weighted by atomic mass is 79.9. The van der Waals surface area contributed by atoms with Gasteiger partial charge >= 0.3 is 0 Å². The summed E-state index contributed by atoms with van der Waals surface area (Å²) in [6.07, 6.45) is 0. The molecule has 0 saturated carbocycles. The second-order valence-electron chi connectivity index (χ2n) is 4.66. The van der Waals surface area contributed by atoms with Gasteiger partial charge < -0.3 is 4.42 Å². The number of hydrogen-bond donors (Lipinski definition) is 0. The second kappa shape index (κ2) is 6.62. The van der Waals surface area contributed by atoms with Crippen LogP contribution in [0.2, 0.25) is 0 Å². The van der Waals surface area contributed by atoms with Crippen LogP contribution < -0.4 is 0 Å². The van der Waals surface area contributed by atoms with Crippen LogP contribution in [-0.4, -0.2) is 10.2 Å². The van der Waals surface area contributed by atoms with Gasteiger partial charge in [0.2, 0.25) is 5.89 Å². The Labute approximate surface area is 140 Å². The molecule has 0 spiro atoms. The van der Waals surface area contributed by atoms with Crippen LogP contribution in [0, 0.1) is 5.82 Å². The lowest BCUT2D eigenvalue weighted by Gasteiger charge is -2.08. The van der Waals surface area contributed by atoms with Gasteiger partial charge in [-0.05, 0) is 52.7 Å². The monoisotopic (exact) mass is 378 g/mol. The number of benzene rings is 2. The predicted octanol–water partition coefficient (Wildman–Crippen LogP) is 5.49. The molecule has 1 aromatic heterocycles. The van der Waals surface area contributed by atoms with Gasteiger partial charge in [-0.3, -0.25) is 0 Å². The van der Waals surface area contributed by atoms with Crippen LogP contribution in [-0.2, 0) is 0 Å². The van der Waals surface area contributed by atoms with Crippen molar-refractivity contribution in [3.63, 3.8) is 0 Å². The zero-order valence-corrected chi connectivity index (χ0v) is 14.1. The normalized spacial score (nSPS) is 12.3. The molecular weight excluding hydrogens is 367 g/mol. The van der Waals surface area contributed by atoms with Gasteiger partial charge in [-0.15, -0.1) is 10.2 Å². The smallest absolute Gasteiger partial charge is 0.277 e. The van der Waals surface area contributed by atoms with Crippen molar-refractivity contribution < 1.29 is 8.81 Å². The summed E-state index contributed by atoms with van der Waals surface area (Å²) >= 11 is 4.91. The maximum atomic E-state index is 13.0. The molecule has 6 heteroatoms. The van der Waals surface area contributed by atoms with Gasteiger partial charge in [0.15, 0.2) is 0 Å². The highest BCUT2D eigenvalue weighted by Crippen LogP contribution is 2.36. The van der Waals surface area contributed by atoms with E-state index in [2.05, 4.69) is 26.1 Å². The first-order chi connectivity index (χ1) is 10.6. The van der Waals surface area contributed by atoms with Crippen LogP contribution in [0.25, 0.3) is 11.5 Å². The zero-order valence-electron chi connectivity index (χ0n) is 11.7. The highest BCUT2D eigenvalue weighted by Gasteiger charge is 2.15. The zero-order chi connectivity index (χ0) is 15.5. The van der Waals surface area contributed by atoms with E-state index in [0.29, 0.717) is 11.1 Å². The number of hydrogen-bond acceptors (Lipinski definition) is 4. The Bertz CT molecular complexity index is 776. The summed E-state index contributed by atoms with van der Waals surface area (Å²) < 4.78 is 19.6. The molecule has 112 valence electrons. The molecule has 1 atom stereocenters. The largest absolute Gasteiger partial charge is 0.411 e. The van der Waals surface area contributed by atoms with Crippen LogP contribution >= 0.6 is 27.7 Å². The van der Waals surface area contributed by atoms with Crippen molar-refractivity contribution in [1.29, 1.82) is 0 Å². The number of halogens is 2. The summed E-state index contributed by atoms with van der Waals surface area (Å²) in [6, 6.07) is 14.1. The van der Waals surface area contributed by atoms with Crippen molar-refractivity contribution in [3.8, 4) is 11.5 Å². The van der Waals surface area contributed by atoms with Crippen LogP contribution in [0.15, 0.2) is 62.6 Å². The lowest BCUT2D eigenvalue weighted by molar-refractivity contribution is 0.465. The Balaban J connectivity index is 1.77. The third-order valence-corrected chi connectivity index (χ3v) is 4.81. The fraction of sp³-hybridized carbons (Fsp3) is 0.125. The van der Waals surface area contributed by atoms with Crippen molar-refractivity contribution in [1.82, 2.24) is 10.2 Å². The van der Waals surface area contributed by atoms with E-state index in [0.717, 1.165) is 15.6 Å². The fourth-order valence-corrected chi connectivity index (χ4v) is 3.22. The molecule has 3 aromatic rings. The molecule has 1 heterocycles. The molecule has 0 fully saturated rings. The summed E-state index contributed by atoms with van der Waals surface area (Å²) in [7, 11) is 0. The standard InChI is InChI=1S/C16H12BrFN2OS/c1-10(11-6-8-12(18)9-7-11)22-16-20-19-15(21-16)13-4-2-3-5-14(13)17/h2-10H,1H3/t10-/m1/s1. The molecule has 0 amide bonds. The Hall–Kier alpha value is -1.66. The first kappa shape index (κ1) is 15.2. The van der Waals surface area contributed by atoms with Crippen molar-refractivity contribution in [3.05, 3.63) is 64.4 Å².